The Morgan fingerprint density at radius 2 is 1.82 bits per heavy atom. The fourth-order valence-corrected chi connectivity index (χ4v) is 4.87. The minimum absolute atomic E-state index is 0.127. The molecule has 0 unspecified atom stereocenters. The van der Waals surface area contributed by atoms with Crippen molar-refractivity contribution >= 4 is 46.1 Å². The lowest BCUT2D eigenvalue weighted by molar-refractivity contribution is -0.139. The van der Waals surface area contributed by atoms with Crippen LogP contribution in [0, 0.1) is 0 Å². The molecule has 38 heavy (non-hydrogen) atoms. The van der Waals surface area contributed by atoms with E-state index in [0.717, 1.165) is 16.0 Å². The molecule has 2 aromatic carbocycles. The van der Waals surface area contributed by atoms with E-state index in [-0.39, 0.29) is 36.3 Å². The molecule has 8 nitrogen and oxygen atoms in total. The summed E-state index contributed by atoms with van der Waals surface area (Å²) in [4.78, 5) is 38.7. The Morgan fingerprint density at radius 3 is 2.45 bits per heavy atom. The maximum Gasteiger partial charge on any atom is 0.309 e. The van der Waals surface area contributed by atoms with Crippen molar-refractivity contribution < 1.29 is 23.9 Å². The Bertz CT molecular complexity index is 1450. The second-order valence-electron chi connectivity index (χ2n) is 8.40. The number of carbonyl (C=O) groups excluding carboxylic acids is 3. The highest BCUT2D eigenvalue weighted by Crippen LogP contribution is 2.44. The van der Waals surface area contributed by atoms with Crippen LogP contribution >= 0.6 is 11.3 Å². The van der Waals surface area contributed by atoms with Gasteiger partial charge in [-0.15, -0.1) is 11.3 Å². The number of methoxy groups -OCH3 is 2. The SMILES string of the molecule is C=C/C(OC)=C(N)/C=C1\C(=O)Nc2ccc(NC(=O)Cc3cccs3)c(-c3ccc(CC(=O)OC)cc3)c21. The van der Waals surface area contributed by atoms with Crippen LogP contribution in [0.4, 0.5) is 11.4 Å². The molecule has 0 saturated heterocycles. The molecule has 4 N–H and O–H groups in total. The molecule has 0 saturated carbocycles. The molecular weight excluding hydrogens is 502 g/mol. The lowest BCUT2D eigenvalue weighted by Gasteiger charge is -2.16. The number of amides is 2. The van der Waals surface area contributed by atoms with E-state index in [2.05, 4.69) is 17.2 Å². The zero-order valence-corrected chi connectivity index (χ0v) is 21.8. The number of thiophene rings is 1. The van der Waals surface area contributed by atoms with Crippen molar-refractivity contribution in [1.82, 2.24) is 0 Å². The zero-order chi connectivity index (χ0) is 27.2. The molecule has 4 rings (SSSR count). The molecule has 0 bridgehead atoms. The summed E-state index contributed by atoms with van der Waals surface area (Å²) in [6.07, 6.45) is 3.34. The van der Waals surface area contributed by atoms with E-state index in [1.165, 1.54) is 37.7 Å². The highest BCUT2D eigenvalue weighted by molar-refractivity contribution is 7.10. The molecule has 194 valence electrons. The summed E-state index contributed by atoms with van der Waals surface area (Å²) in [6, 6.07) is 14.6. The highest BCUT2D eigenvalue weighted by atomic mass is 32.1. The van der Waals surface area contributed by atoms with E-state index in [4.69, 9.17) is 15.2 Å². The molecule has 0 aliphatic carbocycles. The van der Waals surface area contributed by atoms with Gasteiger partial charge in [0, 0.05) is 27.4 Å². The standard InChI is InChI=1S/C29H27N3O5S/c1-4-24(36-2)21(30)16-20-28-23(32-29(20)35)12-11-22(31-25(33)15-19-6-5-13-38-19)27(28)18-9-7-17(8-10-18)14-26(34)37-3/h4-13,16H,1,14-15,30H2,2-3H3,(H,31,33)(H,32,35)/b20-16-,24-21+. The lowest BCUT2D eigenvalue weighted by atomic mass is 9.91. The van der Waals surface area contributed by atoms with Crippen molar-refractivity contribution in [2.45, 2.75) is 12.8 Å². The van der Waals surface area contributed by atoms with E-state index in [9.17, 15) is 14.4 Å². The van der Waals surface area contributed by atoms with Gasteiger partial charge in [-0.05, 0) is 46.9 Å². The smallest absolute Gasteiger partial charge is 0.309 e. The number of fused-ring (bicyclic) bond motifs is 1. The molecule has 0 radical (unpaired) electrons. The van der Waals surface area contributed by atoms with Crippen molar-refractivity contribution in [2.75, 3.05) is 24.9 Å². The van der Waals surface area contributed by atoms with Gasteiger partial charge in [-0.1, -0.05) is 36.9 Å². The number of nitrogens with one attached hydrogen (secondary N) is 2. The van der Waals surface area contributed by atoms with E-state index in [0.29, 0.717) is 33.8 Å². The molecule has 3 aromatic rings. The molecule has 0 spiro atoms. The van der Waals surface area contributed by atoms with Crippen molar-refractivity contribution in [3.63, 3.8) is 0 Å². The van der Waals surface area contributed by atoms with Gasteiger partial charge in [0.15, 0.2) is 0 Å². The summed E-state index contributed by atoms with van der Waals surface area (Å²) >= 11 is 1.50. The average molecular weight is 530 g/mol. The van der Waals surface area contributed by atoms with Crippen LogP contribution in [-0.4, -0.2) is 32.0 Å². The predicted molar refractivity (Wildman–Crippen MR) is 149 cm³/mol. The van der Waals surface area contributed by atoms with Gasteiger partial charge >= 0.3 is 5.97 Å². The van der Waals surface area contributed by atoms with Gasteiger partial charge in [0.2, 0.25) is 5.91 Å². The van der Waals surface area contributed by atoms with Crippen LogP contribution in [-0.2, 0) is 36.7 Å². The minimum Gasteiger partial charge on any atom is -0.495 e. The number of carbonyl (C=O) groups is 3. The topological polar surface area (TPSA) is 120 Å². The number of esters is 1. The summed E-state index contributed by atoms with van der Waals surface area (Å²) in [7, 11) is 2.81. The van der Waals surface area contributed by atoms with E-state index >= 15 is 0 Å². The van der Waals surface area contributed by atoms with Crippen LogP contribution in [0.2, 0.25) is 0 Å². The second kappa shape index (κ2) is 11.6. The first kappa shape index (κ1) is 26.4. The highest BCUT2D eigenvalue weighted by Gasteiger charge is 2.30. The fraction of sp³-hybridized carbons (Fsp3) is 0.138. The predicted octanol–water partition coefficient (Wildman–Crippen LogP) is 4.65. The zero-order valence-electron chi connectivity index (χ0n) is 21.0. The third kappa shape index (κ3) is 5.68. The van der Waals surface area contributed by atoms with Gasteiger partial charge < -0.3 is 25.8 Å². The van der Waals surface area contributed by atoms with E-state index in [1.54, 1.807) is 12.1 Å². The third-order valence-electron chi connectivity index (χ3n) is 5.96. The van der Waals surface area contributed by atoms with Crippen LogP contribution < -0.4 is 16.4 Å². The number of benzene rings is 2. The van der Waals surface area contributed by atoms with Crippen molar-refractivity contribution in [1.29, 1.82) is 0 Å². The number of allylic oxidation sites excluding steroid dienone is 2. The van der Waals surface area contributed by atoms with E-state index in [1.807, 2.05) is 41.8 Å². The summed E-state index contributed by atoms with van der Waals surface area (Å²) in [5.41, 5.74) is 10.6. The number of nitrogens with two attached hydrogens (primary N) is 1. The Kier molecular flexibility index (Phi) is 8.08. The molecular formula is C29H27N3O5S. The maximum absolute atomic E-state index is 13.0. The third-order valence-corrected chi connectivity index (χ3v) is 6.84. The molecule has 0 fully saturated rings. The number of ether oxygens (including phenoxy) is 2. The van der Waals surface area contributed by atoms with Crippen molar-refractivity contribution in [2.24, 2.45) is 5.73 Å². The fourth-order valence-electron chi connectivity index (χ4n) is 4.17. The number of hydrogen-bond acceptors (Lipinski definition) is 7. The first-order valence-electron chi connectivity index (χ1n) is 11.7. The quantitative estimate of drug-likeness (QED) is 0.161. The van der Waals surface area contributed by atoms with E-state index < -0.39 is 0 Å². The summed E-state index contributed by atoms with van der Waals surface area (Å²) in [5, 5.41) is 7.81. The number of rotatable bonds is 9. The molecule has 2 amide bonds. The molecule has 0 atom stereocenters. The lowest BCUT2D eigenvalue weighted by Crippen LogP contribution is -2.15. The van der Waals surface area contributed by atoms with Gasteiger partial charge in [0.05, 0.1) is 38.3 Å². The molecule has 2 heterocycles. The Balaban J connectivity index is 1.84. The molecule has 1 aliphatic heterocycles. The van der Waals surface area contributed by atoms with Gasteiger partial charge in [0.1, 0.15) is 5.76 Å². The van der Waals surface area contributed by atoms with Gasteiger partial charge in [0.25, 0.3) is 5.91 Å². The summed E-state index contributed by atoms with van der Waals surface area (Å²) in [5.74, 6) is -0.550. The van der Waals surface area contributed by atoms with Gasteiger partial charge in [-0.25, -0.2) is 0 Å². The first-order valence-corrected chi connectivity index (χ1v) is 12.6. The maximum atomic E-state index is 13.0. The average Bonchev–Trinajstić information content (AvgIpc) is 3.52. The summed E-state index contributed by atoms with van der Waals surface area (Å²) < 4.78 is 10.0. The van der Waals surface area contributed by atoms with Crippen molar-refractivity contribution in [3.8, 4) is 11.1 Å². The minimum atomic E-state index is -0.349. The van der Waals surface area contributed by atoms with Crippen LogP contribution in [0.1, 0.15) is 16.0 Å². The monoisotopic (exact) mass is 529 g/mol. The Hall–Kier alpha value is -4.63. The second-order valence-corrected chi connectivity index (χ2v) is 9.44. The molecule has 9 heteroatoms. The molecule has 1 aromatic heterocycles. The first-order chi connectivity index (χ1) is 18.3. The Labute approximate surface area is 224 Å². The normalized spacial score (nSPS) is 13.8. The van der Waals surface area contributed by atoms with Crippen LogP contribution in [0.15, 0.2) is 84.1 Å². The number of hydrogen-bond donors (Lipinski definition) is 3. The van der Waals surface area contributed by atoms with Crippen LogP contribution in [0.5, 0.6) is 0 Å². The summed E-state index contributed by atoms with van der Waals surface area (Å²) in [6.45, 7) is 3.70. The van der Waals surface area contributed by atoms with Gasteiger partial charge in [-0.2, -0.15) is 0 Å². The largest absolute Gasteiger partial charge is 0.495 e. The number of anilines is 2. The molecule has 1 aliphatic rings. The van der Waals surface area contributed by atoms with Crippen LogP contribution in [0.25, 0.3) is 16.7 Å². The van der Waals surface area contributed by atoms with Gasteiger partial charge in [-0.3, -0.25) is 14.4 Å². The van der Waals surface area contributed by atoms with Crippen molar-refractivity contribution in [3.05, 3.63) is 100 Å². The van der Waals surface area contributed by atoms with Crippen LogP contribution in [0.3, 0.4) is 0 Å². The Morgan fingerprint density at radius 1 is 1.05 bits per heavy atom.